The lowest BCUT2D eigenvalue weighted by Crippen LogP contribution is -2.33. The molecule has 0 radical (unpaired) electrons. The van der Waals surface area contributed by atoms with Crippen LogP contribution in [0, 0.1) is 0 Å². The highest BCUT2D eigenvalue weighted by Crippen LogP contribution is 2.44. The maximum Gasteiger partial charge on any atom is 0.209 e. The molecular weight excluding hydrogens is 526 g/mol. The first-order valence-corrected chi connectivity index (χ1v) is 14.6. The molecule has 4 heteroatoms. The predicted molar refractivity (Wildman–Crippen MR) is 178 cm³/mol. The van der Waals surface area contributed by atoms with Gasteiger partial charge in [0.05, 0.1) is 22.3 Å². The van der Waals surface area contributed by atoms with Crippen molar-refractivity contribution in [2.24, 2.45) is 4.99 Å². The van der Waals surface area contributed by atoms with E-state index in [2.05, 4.69) is 144 Å². The van der Waals surface area contributed by atoms with E-state index in [1.165, 1.54) is 27.1 Å². The number of hydrogen-bond donors (Lipinski definition) is 0. The Morgan fingerprint density at radius 1 is 0.558 bits per heavy atom. The van der Waals surface area contributed by atoms with Gasteiger partial charge >= 0.3 is 0 Å². The van der Waals surface area contributed by atoms with Gasteiger partial charge in [0.2, 0.25) is 12.2 Å². The lowest BCUT2D eigenvalue weighted by molar-refractivity contribution is 0.487. The molecule has 1 unspecified atom stereocenters. The molecule has 0 N–H and O–H groups in total. The van der Waals surface area contributed by atoms with E-state index in [1.807, 2.05) is 12.1 Å². The number of benzene rings is 6. The Bertz CT molecular complexity index is 2380. The summed E-state index contributed by atoms with van der Waals surface area (Å²) in [6.45, 7) is 0. The Balaban J connectivity index is 1.34. The minimum atomic E-state index is -0.355. The van der Waals surface area contributed by atoms with Crippen LogP contribution in [0.15, 0.2) is 149 Å². The van der Waals surface area contributed by atoms with Crippen LogP contribution in [0.1, 0.15) is 17.4 Å². The molecule has 0 aliphatic carbocycles. The van der Waals surface area contributed by atoms with Crippen molar-refractivity contribution in [1.82, 2.24) is 4.57 Å². The molecule has 204 valence electrons. The van der Waals surface area contributed by atoms with E-state index < -0.39 is 0 Å². The van der Waals surface area contributed by atoms with Crippen LogP contribution < -0.4 is 4.90 Å². The second-order valence-electron chi connectivity index (χ2n) is 11.3. The zero-order valence-corrected chi connectivity index (χ0v) is 23.6. The minimum Gasteiger partial charge on any atom is -0.440 e. The van der Waals surface area contributed by atoms with Gasteiger partial charge in [0.25, 0.3) is 0 Å². The Morgan fingerprint density at radius 2 is 1.23 bits per heavy atom. The van der Waals surface area contributed by atoms with Crippen LogP contribution in [0.25, 0.3) is 54.7 Å². The second-order valence-corrected chi connectivity index (χ2v) is 11.3. The molecule has 0 saturated carbocycles. The Morgan fingerprint density at radius 3 is 2.09 bits per heavy atom. The zero-order valence-electron chi connectivity index (χ0n) is 23.6. The van der Waals surface area contributed by atoms with Crippen molar-refractivity contribution < 1.29 is 4.42 Å². The average molecular weight is 554 g/mol. The quantitative estimate of drug-likeness (QED) is 0.218. The van der Waals surface area contributed by atoms with E-state index in [0.717, 1.165) is 50.3 Å². The number of aliphatic imine (C=N–C) groups is 1. The molecular formula is C39H27N3O. The van der Waals surface area contributed by atoms with Crippen LogP contribution in [0.5, 0.6) is 0 Å². The number of fused-ring (bicyclic) bond motifs is 7. The van der Waals surface area contributed by atoms with Gasteiger partial charge in [-0.05, 0) is 52.2 Å². The largest absolute Gasteiger partial charge is 0.440 e. The van der Waals surface area contributed by atoms with E-state index in [4.69, 9.17) is 9.41 Å². The van der Waals surface area contributed by atoms with Gasteiger partial charge in [0, 0.05) is 28.8 Å². The van der Waals surface area contributed by atoms with E-state index in [-0.39, 0.29) is 6.29 Å². The summed E-state index contributed by atoms with van der Waals surface area (Å²) >= 11 is 0. The summed E-state index contributed by atoms with van der Waals surface area (Å²) in [5.41, 5.74) is 8.54. The molecule has 4 nitrogen and oxygen atoms in total. The van der Waals surface area contributed by atoms with Gasteiger partial charge in [-0.2, -0.15) is 0 Å². The van der Waals surface area contributed by atoms with Crippen molar-refractivity contribution in [2.75, 3.05) is 11.9 Å². The van der Waals surface area contributed by atoms with Crippen molar-refractivity contribution >= 4 is 55.1 Å². The van der Waals surface area contributed by atoms with Gasteiger partial charge in [-0.3, -0.25) is 0 Å². The van der Waals surface area contributed by atoms with Gasteiger partial charge in [0.1, 0.15) is 5.58 Å². The van der Waals surface area contributed by atoms with E-state index >= 15 is 0 Å². The highest BCUT2D eigenvalue weighted by Gasteiger charge is 2.34. The Kier molecular flexibility index (Phi) is 5.14. The summed E-state index contributed by atoms with van der Waals surface area (Å²) in [4.78, 5) is 7.78. The summed E-state index contributed by atoms with van der Waals surface area (Å²) in [5, 5.41) is 5.95. The first kappa shape index (κ1) is 24.0. The fraction of sp³-hybridized carbons (Fsp3) is 0.0513. The van der Waals surface area contributed by atoms with Gasteiger partial charge in [-0.1, -0.05) is 109 Å². The molecule has 1 aliphatic rings. The second kappa shape index (κ2) is 9.20. The number of aromatic nitrogens is 1. The van der Waals surface area contributed by atoms with Gasteiger partial charge < -0.3 is 13.9 Å². The number of para-hydroxylation sites is 2. The number of anilines is 1. The summed E-state index contributed by atoms with van der Waals surface area (Å²) < 4.78 is 8.99. The molecule has 9 rings (SSSR count). The molecule has 0 saturated heterocycles. The SMILES string of the molecule is CN1c2oc3ccccc3c2C(c2cccc(-c3ccccc3)c2)=NC1n1c2ccccc2c2cc3ccccc3cc21. The number of furan rings is 1. The van der Waals surface area contributed by atoms with Crippen molar-refractivity contribution in [3.8, 4) is 11.1 Å². The van der Waals surface area contributed by atoms with Crippen molar-refractivity contribution in [3.05, 3.63) is 151 Å². The molecule has 2 aromatic heterocycles. The molecule has 6 aromatic carbocycles. The minimum absolute atomic E-state index is 0.355. The topological polar surface area (TPSA) is 33.7 Å². The highest BCUT2D eigenvalue weighted by atomic mass is 16.4. The Labute approximate surface area is 248 Å². The maximum atomic E-state index is 6.62. The molecule has 0 spiro atoms. The van der Waals surface area contributed by atoms with Crippen molar-refractivity contribution in [3.63, 3.8) is 0 Å². The summed E-state index contributed by atoms with van der Waals surface area (Å²) in [5.74, 6) is 0.827. The third-order valence-corrected chi connectivity index (χ3v) is 8.78. The fourth-order valence-electron chi connectivity index (χ4n) is 6.74. The zero-order chi connectivity index (χ0) is 28.5. The fourth-order valence-corrected chi connectivity index (χ4v) is 6.74. The normalized spacial score (nSPS) is 15.0. The molecule has 8 aromatic rings. The van der Waals surface area contributed by atoms with Gasteiger partial charge in [-0.15, -0.1) is 0 Å². The van der Waals surface area contributed by atoms with Gasteiger partial charge in [-0.25, -0.2) is 4.99 Å². The van der Waals surface area contributed by atoms with Crippen LogP contribution in [0.4, 0.5) is 5.88 Å². The molecule has 1 atom stereocenters. The van der Waals surface area contributed by atoms with Gasteiger partial charge in [0.15, 0.2) is 0 Å². The standard InChI is InChI=1S/C39H27N3O/c1-41-38-36(31-19-8-10-21-35(31)43-38)37(29-17-11-16-26(22-29)25-12-3-2-4-13-25)40-39(41)42-33-20-9-7-18-30(33)32-23-27-14-5-6-15-28(27)24-34(32)42/h2-24,39H,1H3. The number of rotatable bonds is 3. The first-order chi connectivity index (χ1) is 21.2. The number of nitrogens with zero attached hydrogens (tertiary/aromatic N) is 3. The molecule has 0 bridgehead atoms. The Hall–Kier alpha value is -5.61. The summed E-state index contributed by atoms with van der Waals surface area (Å²) in [7, 11) is 2.09. The average Bonchev–Trinajstić information content (AvgIpc) is 3.61. The lowest BCUT2D eigenvalue weighted by atomic mass is 9.96. The molecule has 0 amide bonds. The monoisotopic (exact) mass is 553 g/mol. The summed E-state index contributed by atoms with van der Waals surface area (Å²) in [6.07, 6.45) is -0.355. The molecule has 0 fully saturated rings. The molecule has 3 heterocycles. The van der Waals surface area contributed by atoms with E-state index in [9.17, 15) is 0 Å². The first-order valence-electron chi connectivity index (χ1n) is 14.6. The third kappa shape index (κ3) is 3.60. The molecule has 43 heavy (non-hydrogen) atoms. The van der Waals surface area contributed by atoms with Crippen LogP contribution >= 0.6 is 0 Å². The van der Waals surface area contributed by atoms with Crippen molar-refractivity contribution in [2.45, 2.75) is 6.29 Å². The number of hydrogen-bond acceptors (Lipinski definition) is 3. The van der Waals surface area contributed by atoms with Crippen LogP contribution in [-0.4, -0.2) is 17.3 Å². The van der Waals surface area contributed by atoms with Crippen molar-refractivity contribution in [1.29, 1.82) is 0 Å². The highest BCUT2D eigenvalue weighted by molar-refractivity contribution is 6.23. The van der Waals surface area contributed by atoms with E-state index in [1.54, 1.807) is 0 Å². The summed E-state index contributed by atoms with van der Waals surface area (Å²) in [6, 6.07) is 49.3. The van der Waals surface area contributed by atoms with Crippen LogP contribution in [0.3, 0.4) is 0 Å². The maximum absolute atomic E-state index is 6.62. The smallest absolute Gasteiger partial charge is 0.209 e. The predicted octanol–water partition coefficient (Wildman–Crippen LogP) is 9.80. The third-order valence-electron chi connectivity index (χ3n) is 8.78. The molecule has 1 aliphatic heterocycles. The van der Waals surface area contributed by atoms with Crippen LogP contribution in [0.2, 0.25) is 0 Å². The van der Waals surface area contributed by atoms with E-state index in [0.29, 0.717) is 0 Å². The van der Waals surface area contributed by atoms with Crippen LogP contribution in [-0.2, 0) is 0 Å². The lowest BCUT2D eigenvalue weighted by Gasteiger charge is -2.32.